The third-order valence-corrected chi connectivity index (χ3v) is 11.4. The molecular weight excluding hydrogens is 764 g/mol. The minimum absolute atomic E-state index is 0. The van der Waals surface area contributed by atoms with Crippen LogP contribution in [0.25, 0.3) is 21.2 Å². The minimum Gasteiger partial charge on any atom is -0.391 e. The van der Waals surface area contributed by atoms with Gasteiger partial charge in [-0.1, -0.05) is 75.4 Å². The molecule has 0 bridgehead atoms. The van der Waals surface area contributed by atoms with Gasteiger partial charge in [-0.05, 0) is 77.6 Å². The zero-order valence-electron chi connectivity index (χ0n) is 33.5. The summed E-state index contributed by atoms with van der Waals surface area (Å²) in [4.78, 5) is 58.8. The van der Waals surface area contributed by atoms with Crippen LogP contribution in [0.1, 0.15) is 82.2 Å². The Morgan fingerprint density at radius 2 is 1.77 bits per heavy atom. The molecule has 2 heterocycles. The van der Waals surface area contributed by atoms with E-state index in [1.54, 1.807) is 11.3 Å². The van der Waals surface area contributed by atoms with Gasteiger partial charge in [0.1, 0.15) is 12.1 Å². The molecule has 7 N–H and O–H groups in total. The van der Waals surface area contributed by atoms with Crippen molar-refractivity contribution in [3.63, 3.8) is 0 Å². The SMILES string of the molecule is Cc1ncsc1-c1ccc(CNC(=O)[C@@H]2C[C@@H](O)CN2C(=O)[C@@H](NC(=O)CCCc2cccc3cc(CO[C@H](C)[C@@H](N)CCC(N)=O)ccc23)C(C)(C)C)cc1.Cl. The van der Waals surface area contributed by atoms with Gasteiger partial charge in [-0.2, -0.15) is 0 Å². The summed E-state index contributed by atoms with van der Waals surface area (Å²) in [7, 11) is 0. The standard InChI is InChI=1S/C43H56N6O6S.ClH/c1-26-39(56-25-47-26)31-15-12-28(13-16-31)22-46-41(53)36-21-33(50)23-49(36)42(54)40(43(3,4)5)48-38(52)11-7-9-30-8-6-10-32-20-29(14-17-34(30)32)24-55-27(2)35(44)18-19-37(45)51;/h6,8,10,12-17,20,25,27,33,35-36,40,50H,7,9,11,18-19,21-24,44H2,1-5H3,(H2,45,51)(H,46,53)(H,48,52);1H/t27-,33-,35+,36+,40-;/m1./s1. The molecule has 308 valence electrons. The van der Waals surface area contributed by atoms with E-state index in [2.05, 4.69) is 33.8 Å². The predicted octanol–water partition coefficient (Wildman–Crippen LogP) is 5.32. The number of nitrogens with two attached hydrogens (primary N) is 2. The number of β-amino-alcohol motifs (C(OH)–C–C–N with tert-alkyl or cyclic N) is 1. The van der Waals surface area contributed by atoms with E-state index < -0.39 is 23.6 Å². The van der Waals surface area contributed by atoms with Gasteiger partial charge in [0.2, 0.25) is 23.6 Å². The van der Waals surface area contributed by atoms with E-state index in [0.29, 0.717) is 25.9 Å². The lowest BCUT2D eigenvalue weighted by molar-refractivity contribution is -0.144. The fraction of sp³-hybridized carbons (Fsp3) is 0.465. The van der Waals surface area contributed by atoms with Crippen LogP contribution in [0, 0.1) is 12.3 Å². The van der Waals surface area contributed by atoms with Crippen molar-refractivity contribution in [2.45, 2.75) is 117 Å². The number of aliphatic hydroxyl groups is 1. The maximum atomic E-state index is 14.1. The highest BCUT2D eigenvalue weighted by molar-refractivity contribution is 7.13. The van der Waals surface area contributed by atoms with Crippen molar-refractivity contribution in [3.05, 3.63) is 88.6 Å². The number of hydrogen-bond acceptors (Lipinski definition) is 9. The van der Waals surface area contributed by atoms with E-state index in [1.807, 2.05) is 82.6 Å². The van der Waals surface area contributed by atoms with Crippen molar-refractivity contribution in [3.8, 4) is 10.4 Å². The lowest BCUT2D eigenvalue weighted by Gasteiger charge is -2.35. The summed E-state index contributed by atoms with van der Waals surface area (Å²) in [5.74, 6) is -1.36. The van der Waals surface area contributed by atoms with Crippen molar-refractivity contribution >= 4 is 58.1 Å². The first-order valence-corrected chi connectivity index (χ1v) is 20.2. The monoisotopic (exact) mass is 820 g/mol. The van der Waals surface area contributed by atoms with Crippen LogP contribution in [0.15, 0.2) is 66.2 Å². The molecule has 5 atom stereocenters. The molecule has 4 aromatic rings. The van der Waals surface area contributed by atoms with E-state index in [4.69, 9.17) is 16.2 Å². The molecule has 0 spiro atoms. The Kier molecular flexibility index (Phi) is 16.2. The Morgan fingerprint density at radius 3 is 2.44 bits per heavy atom. The summed E-state index contributed by atoms with van der Waals surface area (Å²) in [6.07, 6.45) is 1.17. The van der Waals surface area contributed by atoms with E-state index in [9.17, 15) is 24.3 Å². The second kappa shape index (κ2) is 20.3. The maximum absolute atomic E-state index is 14.1. The van der Waals surface area contributed by atoms with Crippen LogP contribution in [0.5, 0.6) is 0 Å². The van der Waals surface area contributed by atoms with Crippen LogP contribution in [0.4, 0.5) is 0 Å². The molecule has 0 radical (unpaired) electrons. The molecule has 0 unspecified atom stereocenters. The Morgan fingerprint density at radius 1 is 1.05 bits per heavy atom. The van der Waals surface area contributed by atoms with Crippen LogP contribution in [-0.2, 0) is 43.5 Å². The highest BCUT2D eigenvalue weighted by Gasteiger charge is 2.44. The van der Waals surface area contributed by atoms with Crippen molar-refractivity contribution in [2.75, 3.05) is 6.54 Å². The number of primary amides is 1. The molecule has 0 saturated carbocycles. The number of fused-ring (bicyclic) bond motifs is 1. The number of benzene rings is 3. The molecule has 1 aliphatic rings. The number of halogens is 1. The third-order valence-electron chi connectivity index (χ3n) is 10.4. The van der Waals surface area contributed by atoms with Crippen LogP contribution < -0.4 is 22.1 Å². The Labute approximate surface area is 345 Å². The first-order valence-electron chi connectivity index (χ1n) is 19.3. The second-order valence-electron chi connectivity index (χ2n) is 16.0. The Hall–Kier alpha value is -4.40. The molecule has 12 nitrogen and oxygen atoms in total. The zero-order chi connectivity index (χ0) is 40.6. The van der Waals surface area contributed by atoms with Crippen LogP contribution in [0.2, 0.25) is 0 Å². The van der Waals surface area contributed by atoms with Gasteiger partial charge < -0.3 is 36.8 Å². The summed E-state index contributed by atoms with van der Waals surface area (Å²) in [5.41, 5.74) is 17.6. The molecule has 14 heteroatoms. The van der Waals surface area contributed by atoms with Gasteiger partial charge in [0, 0.05) is 38.4 Å². The van der Waals surface area contributed by atoms with Gasteiger partial charge >= 0.3 is 0 Å². The Balaban J connectivity index is 0.00000720. The van der Waals surface area contributed by atoms with E-state index >= 15 is 0 Å². The van der Waals surface area contributed by atoms with Crippen LogP contribution in [-0.4, -0.2) is 75.5 Å². The lowest BCUT2D eigenvalue weighted by atomic mass is 9.85. The molecular formula is C43H57ClN6O6S. The molecule has 4 amide bonds. The highest BCUT2D eigenvalue weighted by atomic mass is 35.5. The van der Waals surface area contributed by atoms with Crippen molar-refractivity contribution in [1.29, 1.82) is 0 Å². The zero-order valence-corrected chi connectivity index (χ0v) is 35.1. The van der Waals surface area contributed by atoms with E-state index in [1.165, 1.54) is 4.90 Å². The van der Waals surface area contributed by atoms with Gasteiger partial charge in [-0.25, -0.2) is 4.98 Å². The number of aliphatic hydroxyl groups excluding tert-OH is 1. The number of carbonyl (C=O) groups is 4. The second-order valence-corrected chi connectivity index (χ2v) is 16.8. The maximum Gasteiger partial charge on any atom is 0.246 e. The van der Waals surface area contributed by atoms with Gasteiger partial charge in [0.15, 0.2) is 0 Å². The predicted molar refractivity (Wildman–Crippen MR) is 226 cm³/mol. The fourth-order valence-electron chi connectivity index (χ4n) is 7.06. The smallest absolute Gasteiger partial charge is 0.246 e. The number of thiazole rings is 1. The summed E-state index contributed by atoms with van der Waals surface area (Å²) in [6.45, 7) is 10.2. The summed E-state index contributed by atoms with van der Waals surface area (Å²) in [5, 5.41) is 18.7. The molecule has 0 aliphatic carbocycles. The summed E-state index contributed by atoms with van der Waals surface area (Å²) < 4.78 is 5.98. The van der Waals surface area contributed by atoms with Gasteiger partial charge in [0.25, 0.3) is 0 Å². The molecule has 1 saturated heterocycles. The molecule has 57 heavy (non-hydrogen) atoms. The first-order chi connectivity index (χ1) is 26.6. The van der Waals surface area contributed by atoms with Crippen LogP contribution >= 0.6 is 23.7 Å². The number of rotatable bonds is 17. The van der Waals surface area contributed by atoms with E-state index in [0.717, 1.165) is 43.6 Å². The number of aryl methyl sites for hydroxylation is 2. The normalized spacial score (nSPS) is 17.1. The molecule has 1 aromatic heterocycles. The van der Waals surface area contributed by atoms with Gasteiger partial charge in [0.05, 0.1) is 34.9 Å². The van der Waals surface area contributed by atoms with Crippen molar-refractivity contribution < 1.29 is 29.0 Å². The number of amides is 4. The van der Waals surface area contributed by atoms with Crippen molar-refractivity contribution in [1.82, 2.24) is 20.5 Å². The molecule has 5 rings (SSSR count). The van der Waals surface area contributed by atoms with E-state index in [-0.39, 0.29) is 80.5 Å². The lowest BCUT2D eigenvalue weighted by Crippen LogP contribution is -2.57. The number of nitrogens with one attached hydrogen (secondary N) is 2. The first kappa shape index (κ1) is 45.3. The number of aromatic nitrogens is 1. The fourth-order valence-corrected chi connectivity index (χ4v) is 7.87. The number of hydrogen-bond donors (Lipinski definition) is 5. The largest absolute Gasteiger partial charge is 0.391 e. The molecule has 1 aliphatic heterocycles. The number of ether oxygens (including phenoxy) is 1. The molecule has 3 aromatic carbocycles. The topological polar surface area (TPSA) is 190 Å². The quantitative estimate of drug-likeness (QED) is 0.0946. The number of likely N-dealkylation sites (tertiary alicyclic amines) is 1. The summed E-state index contributed by atoms with van der Waals surface area (Å²) >= 11 is 1.58. The highest BCUT2D eigenvalue weighted by Crippen LogP contribution is 2.29. The van der Waals surface area contributed by atoms with Gasteiger partial charge in [-0.3, -0.25) is 19.2 Å². The summed E-state index contributed by atoms with van der Waals surface area (Å²) in [6, 6.07) is 18.1. The van der Waals surface area contributed by atoms with Crippen molar-refractivity contribution in [2.24, 2.45) is 16.9 Å². The minimum atomic E-state index is -0.892. The number of nitrogens with zero attached hydrogens (tertiary/aromatic N) is 2. The Bertz CT molecular complexity index is 2000. The van der Waals surface area contributed by atoms with Crippen LogP contribution in [0.3, 0.4) is 0 Å². The average molecular weight is 821 g/mol. The third kappa shape index (κ3) is 12.3. The number of carbonyl (C=O) groups excluding carboxylic acids is 4. The van der Waals surface area contributed by atoms with Gasteiger partial charge in [-0.15, -0.1) is 23.7 Å². The molecule has 1 fully saturated rings. The average Bonchev–Trinajstić information content (AvgIpc) is 3.78.